The second-order valence-electron chi connectivity index (χ2n) is 4.09. The first-order valence-corrected chi connectivity index (χ1v) is 4.66. The van der Waals surface area contributed by atoms with Gasteiger partial charge < -0.3 is 9.47 Å². The summed E-state index contributed by atoms with van der Waals surface area (Å²) in [6.07, 6.45) is 5.19. The van der Waals surface area contributed by atoms with Crippen LogP contribution in [0.3, 0.4) is 0 Å². The molecule has 2 aliphatic heterocycles. The van der Waals surface area contributed by atoms with E-state index in [-0.39, 0.29) is 17.7 Å². The molecular formula is C9H12O3. The highest BCUT2D eigenvalue weighted by Gasteiger charge is 2.58. The van der Waals surface area contributed by atoms with E-state index < -0.39 is 0 Å². The summed E-state index contributed by atoms with van der Waals surface area (Å²) in [5.74, 6) is -0.0691. The van der Waals surface area contributed by atoms with Gasteiger partial charge in [-0.3, -0.25) is 4.79 Å². The lowest BCUT2D eigenvalue weighted by Crippen LogP contribution is -2.36. The Hall–Kier alpha value is -0.570. The Morgan fingerprint density at radius 3 is 3.33 bits per heavy atom. The molecule has 0 radical (unpaired) electrons. The highest BCUT2D eigenvalue weighted by molar-refractivity contribution is 5.73. The lowest BCUT2D eigenvalue weighted by atomic mass is 9.83. The maximum atomic E-state index is 11.0. The maximum absolute atomic E-state index is 11.0. The molecule has 3 heteroatoms. The summed E-state index contributed by atoms with van der Waals surface area (Å²) in [6, 6.07) is 0. The normalized spacial score (nSPS) is 50.5. The number of hydrogen-bond acceptors (Lipinski definition) is 3. The van der Waals surface area contributed by atoms with Crippen molar-refractivity contribution in [3.8, 4) is 0 Å². The molecule has 3 atom stereocenters. The maximum Gasteiger partial charge on any atom is 0.309 e. The van der Waals surface area contributed by atoms with Gasteiger partial charge in [-0.05, 0) is 19.3 Å². The number of ether oxygens (including phenoxy) is 2. The molecule has 0 aromatic rings. The molecule has 0 N–H and O–H groups in total. The molecule has 2 heterocycles. The smallest absolute Gasteiger partial charge is 0.309 e. The number of hydrogen-bond donors (Lipinski definition) is 0. The zero-order chi connectivity index (χ0) is 8.18. The van der Waals surface area contributed by atoms with E-state index in [0.717, 1.165) is 25.7 Å². The third kappa shape index (κ3) is 0.724. The molecule has 0 aromatic carbocycles. The molecule has 0 amide bonds. The second-order valence-corrected chi connectivity index (χ2v) is 4.09. The van der Waals surface area contributed by atoms with Crippen molar-refractivity contribution >= 4 is 5.97 Å². The molecule has 1 spiro atoms. The average Bonchev–Trinajstić information content (AvgIpc) is 2.37. The predicted molar refractivity (Wildman–Crippen MR) is 40.6 cm³/mol. The molecule has 3 nitrogen and oxygen atoms in total. The van der Waals surface area contributed by atoms with Crippen molar-refractivity contribution in [1.29, 1.82) is 0 Å². The van der Waals surface area contributed by atoms with Crippen LogP contribution in [0.4, 0.5) is 0 Å². The van der Waals surface area contributed by atoms with Gasteiger partial charge in [0.1, 0.15) is 11.7 Å². The van der Waals surface area contributed by atoms with Gasteiger partial charge in [0.15, 0.2) is 0 Å². The van der Waals surface area contributed by atoms with Crippen molar-refractivity contribution in [3.63, 3.8) is 0 Å². The molecule has 3 aliphatic rings. The van der Waals surface area contributed by atoms with Crippen molar-refractivity contribution in [2.45, 2.75) is 49.9 Å². The number of carbonyl (C=O) groups is 1. The number of fused-ring (bicyclic) bond motifs is 1. The van der Waals surface area contributed by atoms with Crippen LogP contribution in [0, 0.1) is 0 Å². The van der Waals surface area contributed by atoms with Crippen LogP contribution in [-0.2, 0) is 14.3 Å². The highest BCUT2D eigenvalue weighted by atomic mass is 16.6. The van der Waals surface area contributed by atoms with Gasteiger partial charge in [-0.2, -0.15) is 0 Å². The van der Waals surface area contributed by atoms with Crippen molar-refractivity contribution in [2.75, 3.05) is 0 Å². The first-order valence-electron chi connectivity index (χ1n) is 4.66. The van der Waals surface area contributed by atoms with E-state index >= 15 is 0 Å². The van der Waals surface area contributed by atoms with E-state index in [0.29, 0.717) is 12.5 Å². The minimum Gasteiger partial charge on any atom is -0.456 e. The standard InChI is InChI=1S/C9H12O3/c10-8-4-7-9(12-8)3-1-2-6(5-9)11-7/h6-7H,1-5H2/t6-,7?,9-/m0/s1. The average molecular weight is 168 g/mol. The summed E-state index contributed by atoms with van der Waals surface area (Å²) in [7, 11) is 0. The fraction of sp³-hybridized carbons (Fsp3) is 0.889. The monoisotopic (exact) mass is 168 g/mol. The first-order chi connectivity index (χ1) is 5.78. The van der Waals surface area contributed by atoms with Crippen LogP contribution in [0.5, 0.6) is 0 Å². The SMILES string of the molecule is O=C1CC2O[C@H]3CCC[C@@]2(C3)O1. The molecule has 12 heavy (non-hydrogen) atoms. The lowest BCUT2D eigenvalue weighted by molar-refractivity contribution is -0.149. The van der Waals surface area contributed by atoms with Crippen LogP contribution in [-0.4, -0.2) is 23.8 Å². The molecule has 3 rings (SSSR count). The van der Waals surface area contributed by atoms with E-state index in [9.17, 15) is 4.79 Å². The summed E-state index contributed by atoms with van der Waals surface area (Å²) in [5.41, 5.74) is -0.194. The van der Waals surface area contributed by atoms with Gasteiger partial charge >= 0.3 is 5.97 Å². The Morgan fingerprint density at radius 1 is 1.50 bits per heavy atom. The van der Waals surface area contributed by atoms with E-state index in [1.54, 1.807) is 0 Å². The van der Waals surface area contributed by atoms with E-state index in [4.69, 9.17) is 9.47 Å². The highest BCUT2D eigenvalue weighted by Crippen LogP contribution is 2.48. The van der Waals surface area contributed by atoms with Crippen LogP contribution < -0.4 is 0 Å². The fourth-order valence-electron chi connectivity index (χ4n) is 2.80. The van der Waals surface area contributed by atoms with Gasteiger partial charge in [0, 0.05) is 6.42 Å². The van der Waals surface area contributed by atoms with Crippen molar-refractivity contribution in [2.24, 2.45) is 0 Å². The van der Waals surface area contributed by atoms with E-state index in [1.165, 1.54) is 0 Å². The van der Waals surface area contributed by atoms with E-state index in [2.05, 4.69) is 0 Å². The Balaban J connectivity index is 1.95. The largest absolute Gasteiger partial charge is 0.456 e. The van der Waals surface area contributed by atoms with Crippen LogP contribution >= 0.6 is 0 Å². The van der Waals surface area contributed by atoms with E-state index in [1.807, 2.05) is 0 Å². The Bertz CT molecular complexity index is 238. The fourth-order valence-corrected chi connectivity index (χ4v) is 2.80. The summed E-state index contributed by atoms with van der Waals surface area (Å²) in [6.45, 7) is 0. The van der Waals surface area contributed by atoms with Gasteiger partial charge in [-0.25, -0.2) is 0 Å². The summed E-state index contributed by atoms with van der Waals surface area (Å²) >= 11 is 0. The van der Waals surface area contributed by atoms with Crippen LogP contribution in [0.15, 0.2) is 0 Å². The molecule has 2 bridgehead atoms. The third-order valence-corrected chi connectivity index (χ3v) is 3.31. The molecule has 1 aliphatic carbocycles. The minimum absolute atomic E-state index is 0.0691. The zero-order valence-corrected chi connectivity index (χ0v) is 6.91. The quantitative estimate of drug-likeness (QED) is 0.506. The first kappa shape index (κ1) is 6.89. The summed E-state index contributed by atoms with van der Waals surface area (Å²) in [5, 5.41) is 0. The molecule has 3 fully saturated rings. The molecule has 2 saturated heterocycles. The Labute approximate surface area is 71.0 Å². The van der Waals surface area contributed by atoms with Gasteiger partial charge in [0.25, 0.3) is 0 Å². The molecule has 1 unspecified atom stereocenters. The molecular weight excluding hydrogens is 156 g/mol. The van der Waals surface area contributed by atoms with Crippen molar-refractivity contribution in [3.05, 3.63) is 0 Å². The number of esters is 1. The second kappa shape index (κ2) is 2.02. The third-order valence-electron chi connectivity index (χ3n) is 3.31. The lowest BCUT2D eigenvalue weighted by Gasteiger charge is -2.28. The van der Waals surface area contributed by atoms with Gasteiger partial charge in [0.2, 0.25) is 0 Å². The Morgan fingerprint density at radius 2 is 2.42 bits per heavy atom. The van der Waals surface area contributed by atoms with Crippen LogP contribution in [0.1, 0.15) is 32.1 Å². The Kier molecular flexibility index (Phi) is 1.16. The van der Waals surface area contributed by atoms with Gasteiger partial charge in [-0.15, -0.1) is 0 Å². The summed E-state index contributed by atoms with van der Waals surface area (Å²) < 4.78 is 11.1. The summed E-state index contributed by atoms with van der Waals surface area (Å²) in [4.78, 5) is 11.0. The zero-order valence-electron chi connectivity index (χ0n) is 6.91. The van der Waals surface area contributed by atoms with Gasteiger partial charge in [-0.1, -0.05) is 0 Å². The number of carbonyl (C=O) groups excluding carboxylic acids is 1. The minimum atomic E-state index is -0.194. The molecule has 0 aromatic heterocycles. The molecule has 1 saturated carbocycles. The van der Waals surface area contributed by atoms with Crippen molar-refractivity contribution in [1.82, 2.24) is 0 Å². The van der Waals surface area contributed by atoms with Crippen molar-refractivity contribution < 1.29 is 14.3 Å². The topological polar surface area (TPSA) is 35.5 Å². The van der Waals surface area contributed by atoms with Crippen LogP contribution in [0.25, 0.3) is 0 Å². The number of rotatable bonds is 0. The molecule has 66 valence electrons. The van der Waals surface area contributed by atoms with Gasteiger partial charge in [0.05, 0.1) is 12.5 Å². The predicted octanol–water partition coefficient (Wildman–Crippen LogP) is 1.01. The van der Waals surface area contributed by atoms with Crippen LogP contribution in [0.2, 0.25) is 0 Å².